The number of likely N-dealkylation sites (tertiary alicyclic amines) is 1. The molecule has 45 heavy (non-hydrogen) atoms. The maximum Gasteiger partial charge on any atom is 0.234 e. The zero-order valence-corrected chi connectivity index (χ0v) is 28.0. The van der Waals surface area contributed by atoms with Gasteiger partial charge in [0.15, 0.2) is 5.78 Å². The Labute approximate surface area is 270 Å². The number of piperazine rings is 1. The van der Waals surface area contributed by atoms with Crippen molar-refractivity contribution in [1.29, 1.82) is 0 Å². The second kappa shape index (κ2) is 12.0. The highest BCUT2D eigenvalue weighted by atomic mass is 32.1. The molecule has 3 aromatic rings. The van der Waals surface area contributed by atoms with Crippen molar-refractivity contribution in [2.45, 2.75) is 83.7 Å². The molecule has 4 aliphatic rings. The molecule has 4 fully saturated rings. The smallest absolute Gasteiger partial charge is 0.234 e. The van der Waals surface area contributed by atoms with Gasteiger partial charge in [-0.05, 0) is 109 Å². The van der Waals surface area contributed by atoms with Gasteiger partial charge < -0.3 is 15.2 Å². The van der Waals surface area contributed by atoms with Crippen molar-refractivity contribution in [2.75, 3.05) is 45.8 Å². The number of Topliss-reactive ketones (excluding diaryl/α,β-unsaturated/α-hetero) is 1. The standard InChI is InChI=1S/C36H47N5O3S/c1-22-15-23(2)17-25(16-22)33-32(29(42)20-39-12-9-24(10-13-39)19-40-14-11-37-31(43)21-40)28-18-30(45-34(28)38-33)36(3,4)35(44)41-26-5-6-27(41)8-7-26/h15-18,24,26-27,38H,5-14,19-21H2,1-4H3,(H,37,43). The Kier molecular flexibility index (Phi) is 8.15. The number of ketones is 1. The molecular weight excluding hydrogens is 582 g/mol. The predicted octanol–water partition coefficient (Wildman–Crippen LogP) is 5.27. The lowest BCUT2D eigenvalue weighted by molar-refractivity contribution is -0.137. The summed E-state index contributed by atoms with van der Waals surface area (Å²) < 4.78 is 0. The van der Waals surface area contributed by atoms with Crippen LogP contribution in [-0.4, -0.2) is 95.2 Å². The third-order valence-corrected chi connectivity index (χ3v) is 12.2. The number of benzene rings is 1. The average Bonchev–Trinajstić information content (AvgIpc) is 3.77. The van der Waals surface area contributed by atoms with Crippen LogP contribution in [0.15, 0.2) is 24.3 Å². The second-order valence-electron chi connectivity index (χ2n) is 14.6. The number of piperidine rings is 1. The highest BCUT2D eigenvalue weighted by Gasteiger charge is 2.47. The van der Waals surface area contributed by atoms with E-state index in [0.717, 1.165) is 103 Å². The maximum atomic E-state index is 14.3. The zero-order valence-electron chi connectivity index (χ0n) is 27.2. The fourth-order valence-electron chi connectivity index (χ4n) is 8.41. The van der Waals surface area contributed by atoms with E-state index in [1.54, 1.807) is 11.3 Å². The number of aryl methyl sites for hydroxylation is 2. The van der Waals surface area contributed by atoms with Gasteiger partial charge in [0, 0.05) is 42.0 Å². The van der Waals surface area contributed by atoms with Crippen LogP contribution in [-0.2, 0) is 15.0 Å². The number of carbonyl (C=O) groups is 3. The molecule has 8 nitrogen and oxygen atoms in total. The van der Waals surface area contributed by atoms with Crippen molar-refractivity contribution in [3.63, 3.8) is 0 Å². The van der Waals surface area contributed by atoms with Crippen LogP contribution in [0.3, 0.4) is 0 Å². The number of aromatic amines is 1. The molecule has 0 radical (unpaired) electrons. The molecule has 0 aliphatic carbocycles. The Morgan fingerprint density at radius 1 is 0.911 bits per heavy atom. The summed E-state index contributed by atoms with van der Waals surface area (Å²) in [4.78, 5) is 52.5. The number of hydrogen-bond acceptors (Lipinski definition) is 6. The number of aromatic nitrogens is 1. The highest BCUT2D eigenvalue weighted by molar-refractivity contribution is 7.19. The summed E-state index contributed by atoms with van der Waals surface area (Å²) in [6, 6.07) is 9.39. The molecule has 2 amide bonds. The van der Waals surface area contributed by atoms with E-state index in [1.165, 1.54) is 11.1 Å². The van der Waals surface area contributed by atoms with Crippen LogP contribution in [0.4, 0.5) is 0 Å². The summed E-state index contributed by atoms with van der Waals surface area (Å²) >= 11 is 1.63. The molecule has 0 spiro atoms. The third-order valence-electron chi connectivity index (χ3n) is 10.8. The van der Waals surface area contributed by atoms with Gasteiger partial charge in [0.1, 0.15) is 4.83 Å². The summed E-state index contributed by atoms with van der Waals surface area (Å²) in [6.07, 6.45) is 6.58. The lowest BCUT2D eigenvalue weighted by atomic mass is 9.88. The van der Waals surface area contributed by atoms with E-state index in [0.29, 0.717) is 31.1 Å². The van der Waals surface area contributed by atoms with Crippen molar-refractivity contribution in [1.82, 2.24) is 25.0 Å². The number of rotatable bonds is 8. The first-order valence-corrected chi connectivity index (χ1v) is 17.7. The Balaban J connectivity index is 1.14. The van der Waals surface area contributed by atoms with Crippen molar-refractivity contribution in [3.05, 3.63) is 45.8 Å². The van der Waals surface area contributed by atoms with Gasteiger partial charge in [0.2, 0.25) is 11.8 Å². The minimum Gasteiger partial charge on any atom is -0.354 e. The Morgan fingerprint density at radius 3 is 2.22 bits per heavy atom. The molecule has 1 aromatic carbocycles. The minimum atomic E-state index is -0.646. The van der Waals surface area contributed by atoms with Crippen molar-refractivity contribution < 1.29 is 14.4 Å². The quantitative estimate of drug-likeness (QED) is 0.332. The van der Waals surface area contributed by atoms with Crippen LogP contribution >= 0.6 is 11.3 Å². The molecule has 2 aromatic heterocycles. The van der Waals surface area contributed by atoms with E-state index >= 15 is 0 Å². The van der Waals surface area contributed by atoms with Gasteiger partial charge in [-0.25, -0.2) is 0 Å². The summed E-state index contributed by atoms with van der Waals surface area (Å²) in [5.41, 5.74) is 4.37. The van der Waals surface area contributed by atoms with Crippen molar-refractivity contribution >= 4 is 39.2 Å². The molecule has 4 aliphatic heterocycles. The Morgan fingerprint density at radius 2 is 1.58 bits per heavy atom. The van der Waals surface area contributed by atoms with Crippen LogP contribution < -0.4 is 5.32 Å². The molecule has 2 bridgehead atoms. The van der Waals surface area contributed by atoms with Gasteiger partial charge in [0.25, 0.3) is 0 Å². The number of nitrogens with one attached hydrogen (secondary N) is 2. The van der Waals surface area contributed by atoms with E-state index < -0.39 is 5.41 Å². The summed E-state index contributed by atoms with van der Waals surface area (Å²) in [6.45, 7) is 13.6. The van der Waals surface area contributed by atoms with Crippen LogP contribution in [0.1, 0.15) is 78.7 Å². The van der Waals surface area contributed by atoms with Gasteiger partial charge in [-0.3, -0.25) is 24.2 Å². The summed E-state index contributed by atoms with van der Waals surface area (Å²) in [7, 11) is 0. The maximum absolute atomic E-state index is 14.3. The van der Waals surface area contributed by atoms with Crippen LogP contribution in [0, 0.1) is 19.8 Å². The summed E-state index contributed by atoms with van der Waals surface area (Å²) in [5.74, 6) is 1.03. The number of nitrogens with zero attached hydrogens (tertiary/aromatic N) is 3. The molecule has 4 saturated heterocycles. The number of amides is 2. The fraction of sp³-hybridized carbons (Fsp3) is 0.583. The first-order chi connectivity index (χ1) is 21.6. The Hall–Kier alpha value is -3.01. The fourth-order valence-corrected chi connectivity index (χ4v) is 9.57. The van der Waals surface area contributed by atoms with E-state index in [2.05, 4.69) is 77.0 Å². The number of fused-ring (bicyclic) bond motifs is 3. The monoisotopic (exact) mass is 629 g/mol. The number of thiophene rings is 1. The summed E-state index contributed by atoms with van der Waals surface area (Å²) in [5, 5.41) is 3.86. The molecular formula is C36H47N5O3S. The molecule has 0 atom stereocenters. The van der Waals surface area contributed by atoms with Gasteiger partial charge >= 0.3 is 0 Å². The lowest BCUT2D eigenvalue weighted by Crippen LogP contribution is -2.50. The largest absolute Gasteiger partial charge is 0.354 e. The predicted molar refractivity (Wildman–Crippen MR) is 180 cm³/mol. The third kappa shape index (κ3) is 5.87. The molecule has 7 rings (SSSR count). The topological polar surface area (TPSA) is 88.8 Å². The molecule has 0 unspecified atom stereocenters. The van der Waals surface area contributed by atoms with Crippen LogP contribution in [0.2, 0.25) is 0 Å². The zero-order chi connectivity index (χ0) is 31.5. The molecule has 2 N–H and O–H groups in total. The average molecular weight is 630 g/mol. The molecule has 0 saturated carbocycles. The van der Waals surface area contributed by atoms with E-state index in [-0.39, 0.29) is 17.6 Å². The number of carbonyl (C=O) groups excluding carboxylic acids is 3. The number of hydrogen-bond donors (Lipinski definition) is 2. The Bertz CT molecular complexity index is 1590. The molecule has 6 heterocycles. The lowest BCUT2D eigenvalue weighted by Gasteiger charge is -2.35. The van der Waals surface area contributed by atoms with Crippen molar-refractivity contribution in [2.24, 2.45) is 5.92 Å². The van der Waals surface area contributed by atoms with Gasteiger partial charge in [-0.15, -0.1) is 11.3 Å². The first kappa shape index (κ1) is 30.6. The van der Waals surface area contributed by atoms with Crippen LogP contribution in [0.5, 0.6) is 0 Å². The molecule has 9 heteroatoms. The van der Waals surface area contributed by atoms with E-state index in [1.807, 2.05) is 0 Å². The SMILES string of the molecule is Cc1cc(C)cc(-c2[nH]c3sc(C(C)(C)C(=O)N4C5CCC4CC5)cc3c2C(=O)CN2CCC(CN3CCNC(=O)C3)CC2)c1. The van der Waals surface area contributed by atoms with Gasteiger partial charge in [-0.1, -0.05) is 17.2 Å². The molecule has 240 valence electrons. The van der Waals surface area contributed by atoms with Gasteiger partial charge in [-0.2, -0.15) is 0 Å². The van der Waals surface area contributed by atoms with E-state index in [4.69, 9.17) is 0 Å². The first-order valence-electron chi connectivity index (χ1n) is 16.9. The highest BCUT2D eigenvalue weighted by Crippen LogP contribution is 2.44. The number of H-pyrrole nitrogens is 1. The second-order valence-corrected chi connectivity index (χ2v) is 15.7. The van der Waals surface area contributed by atoms with E-state index in [9.17, 15) is 14.4 Å². The van der Waals surface area contributed by atoms with Crippen LogP contribution in [0.25, 0.3) is 21.5 Å². The van der Waals surface area contributed by atoms with Gasteiger partial charge in [0.05, 0.1) is 29.8 Å². The normalized spacial score (nSPS) is 23.3. The van der Waals surface area contributed by atoms with Crippen molar-refractivity contribution in [3.8, 4) is 11.3 Å². The minimum absolute atomic E-state index is 0.120.